The van der Waals surface area contributed by atoms with Crippen molar-refractivity contribution in [2.45, 2.75) is 65.2 Å². The predicted octanol–water partition coefficient (Wildman–Crippen LogP) is 5.94. The molecule has 0 radical (unpaired) electrons. The minimum atomic E-state index is 0.757. The van der Waals surface area contributed by atoms with Crippen LogP contribution in [-0.2, 0) is 0 Å². The lowest BCUT2D eigenvalue weighted by molar-refractivity contribution is 0.311. The number of hydrogen-bond donors (Lipinski definition) is 0. The summed E-state index contributed by atoms with van der Waals surface area (Å²) in [6.07, 6.45) is 12.6. The molecule has 0 heterocycles. The van der Waals surface area contributed by atoms with Gasteiger partial charge in [0.2, 0.25) is 0 Å². The third-order valence-electron chi connectivity index (χ3n) is 5.26. The van der Waals surface area contributed by atoms with E-state index in [1.165, 1.54) is 49.7 Å². The average Bonchev–Trinajstić information content (AvgIpc) is 2.51. The standard InChI is InChI=1S/C20H30O/c1-5-6-7-8-17-9-11-18(12-10-17)19-13-14-20(21-4)16(3)15(19)2/h5-6,13-14,17-18H,7-12H2,1-4H3/b6-5+. The highest BCUT2D eigenvalue weighted by Gasteiger charge is 2.23. The maximum Gasteiger partial charge on any atom is 0.122 e. The summed E-state index contributed by atoms with van der Waals surface area (Å²) < 4.78 is 5.43. The van der Waals surface area contributed by atoms with Gasteiger partial charge in [-0.25, -0.2) is 0 Å². The molecule has 1 heteroatoms. The molecule has 0 amide bonds. The minimum Gasteiger partial charge on any atom is -0.496 e. The monoisotopic (exact) mass is 286 g/mol. The Balaban J connectivity index is 1.98. The fraction of sp³-hybridized carbons (Fsp3) is 0.600. The SMILES string of the molecule is C/C=C/CCC1CCC(c2ccc(OC)c(C)c2C)CC1. The molecule has 21 heavy (non-hydrogen) atoms. The lowest BCUT2D eigenvalue weighted by Crippen LogP contribution is -2.14. The predicted molar refractivity (Wildman–Crippen MR) is 91.2 cm³/mol. The van der Waals surface area contributed by atoms with E-state index in [0.717, 1.165) is 17.6 Å². The Morgan fingerprint density at radius 2 is 1.81 bits per heavy atom. The van der Waals surface area contributed by atoms with Crippen molar-refractivity contribution in [3.63, 3.8) is 0 Å². The van der Waals surface area contributed by atoms with Gasteiger partial charge < -0.3 is 4.74 Å². The quantitative estimate of drug-likeness (QED) is 0.608. The summed E-state index contributed by atoms with van der Waals surface area (Å²) in [6, 6.07) is 4.45. The molecule has 116 valence electrons. The van der Waals surface area contributed by atoms with Crippen molar-refractivity contribution in [3.8, 4) is 5.75 Å². The molecule has 0 aliphatic heterocycles. The van der Waals surface area contributed by atoms with Crippen LogP contribution in [0.15, 0.2) is 24.3 Å². The number of benzene rings is 1. The molecule has 1 aliphatic carbocycles. The molecule has 1 saturated carbocycles. The largest absolute Gasteiger partial charge is 0.496 e. The first-order valence-corrected chi connectivity index (χ1v) is 8.42. The zero-order valence-electron chi connectivity index (χ0n) is 14.1. The van der Waals surface area contributed by atoms with Crippen molar-refractivity contribution in [1.29, 1.82) is 0 Å². The topological polar surface area (TPSA) is 9.23 Å². The maximum absolute atomic E-state index is 5.43. The highest BCUT2D eigenvalue weighted by molar-refractivity contribution is 5.45. The summed E-state index contributed by atoms with van der Waals surface area (Å²) in [6.45, 7) is 6.55. The Hall–Kier alpha value is -1.24. The third-order valence-corrected chi connectivity index (χ3v) is 5.26. The van der Waals surface area contributed by atoms with Crippen LogP contribution < -0.4 is 4.74 Å². The molecule has 0 atom stereocenters. The molecular formula is C20H30O. The van der Waals surface area contributed by atoms with Gasteiger partial charge in [0.25, 0.3) is 0 Å². The lowest BCUT2D eigenvalue weighted by atomic mass is 9.76. The van der Waals surface area contributed by atoms with Crippen LogP contribution in [0.5, 0.6) is 5.75 Å². The third kappa shape index (κ3) is 3.90. The van der Waals surface area contributed by atoms with Gasteiger partial charge >= 0.3 is 0 Å². The van der Waals surface area contributed by atoms with Crippen LogP contribution in [0.1, 0.15) is 68.1 Å². The van der Waals surface area contributed by atoms with Crippen LogP contribution in [0.2, 0.25) is 0 Å². The van der Waals surface area contributed by atoms with Gasteiger partial charge in [-0.1, -0.05) is 18.2 Å². The number of ether oxygens (including phenoxy) is 1. The Kier molecular flexibility index (Phi) is 5.90. The van der Waals surface area contributed by atoms with E-state index < -0.39 is 0 Å². The zero-order valence-corrected chi connectivity index (χ0v) is 14.1. The van der Waals surface area contributed by atoms with Crippen LogP contribution in [0.3, 0.4) is 0 Å². The molecule has 1 aliphatic rings. The van der Waals surface area contributed by atoms with Crippen LogP contribution in [0.4, 0.5) is 0 Å². The van der Waals surface area contributed by atoms with Crippen LogP contribution in [-0.4, -0.2) is 7.11 Å². The van der Waals surface area contributed by atoms with Crippen molar-refractivity contribution in [2.24, 2.45) is 5.92 Å². The maximum atomic E-state index is 5.43. The fourth-order valence-electron chi connectivity index (χ4n) is 3.74. The Bertz CT molecular complexity index is 479. The van der Waals surface area contributed by atoms with Crippen molar-refractivity contribution >= 4 is 0 Å². The van der Waals surface area contributed by atoms with Crippen LogP contribution >= 0.6 is 0 Å². The van der Waals surface area contributed by atoms with Crippen LogP contribution in [0, 0.1) is 19.8 Å². The Morgan fingerprint density at radius 1 is 1.10 bits per heavy atom. The molecule has 0 aromatic heterocycles. The van der Waals surface area contributed by atoms with Gasteiger partial charge in [0, 0.05) is 0 Å². The van der Waals surface area contributed by atoms with E-state index in [9.17, 15) is 0 Å². The minimum absolute atomic E-state index is 0.757. The first kappa shape index (κ1) is 16.1. The smallest absolute Gasteiger partial charge is 0.122 e. The van der Waals surface area contributed by atoms with Crippen molar-refractivity contribution in [1.82, 2.24) is 0 Å². The molecule has 0 unspecified atom stereocenters. The van der Waals surface area contributed by atoms with E-state index in [2.05, 4.69) is 45.1 Å². The molecule has 0 spiro atoms. The summed E-state index contributed by atoms with van der Waals surface area (Å²) in [5.41, 5.74) is 4.30. The number of methoxy groups -OCH3 is 1. The van der Waals surface area contributed by atoms with E-state index in [4.69, 9.17) is 4.74 Å². The highest BCUT2D eigenvalue weighted by atomic mass is 16.5. The molecule has 1 aromatic carbocycles. The molecule has 2 rings (SSSR count). The second kappa shape index (κ2) is 7.68. The van der Waals surface area contributed by atoms with Crippen LogP contribution in [0.25, 0.3) is 0 Å². The Labute approximate surface area is 130 Å². The first-order chi connectivity index (χ1) is 10.2. The molecule has 0 bridgehead atoms. The second-order valence-corrected chi connectivity index (χ2v) is 6.47. The second-order valence-electron chi connectivity index (χ2n) is 6.47. The van der Waals surface area contributed by atoms with E-state index in [1.807, 2.05) is 0 Å². The van der Waals surface area contributed by atoms with Crippen molar-refractivity contribution < 1.29 is 4.74 Å². The number of hydrogen-bond acceptors (Lipinski definition) is 1. The fourth-order valence-corrected chi connectivity index (χ4v) is 3.74. The molecule has 1 nitrogen and oxygen atoms in total. The van der Waals surface area contributed by atoms with Gasteiger partial charge in [0.1, 0.15) is 5.75 Å². The van der Waals surface area contributed by atoms with Crippen molar-refractivity contribution in [2.75, 3.05) is 7.11 Å². The highest BCUT2D eigenvalue weighted by Crippen LogP contribution is 2.40. The van der Waals surface area contributed by atoms with Gasteiger partial charge in [-0.2, -0.15) is 0 Å². The molecule has 0 saturated heterocycles. The summed E-state index contributed by atoms with van der Waals surface area (Å²) in [4.78, 5) is 0. The van der Waals surface area contributed by atoms with E-state index in [0.29, 0.717) is 0 Å². The van der Waals surface area contributed by atoms with Gasteiger partial charge in [0.15, 0.2) is 0 Å². The summed E-state index contributed by atoms with van der Waals surface area (Å²) in [5, 5.41) is 0. The lowest BCUT2D eigenvalue weighted by Gasteiger charge is -2.30. The molecular weight excluding hydrogens is 256 g/mol. The van der Waals surface area contributed by atoms with Crippen molar-refractivity contribution in [3.05, 3.63) is 41.0 Å². The summed E-state index contributed by atoms with van der Waals surface area (Å²) in [5.74, 6) is 2.72. The van der Waals surface area contributed by atoms with E-state index in [-0.39, 0.29) is 0 Å². The van der Waals surface area contributed by atoms with Gasteiger partial charge in [-0.15, -0.1) is 0 Å². The van der Waals surface area contributed by atoms with Gasteiger partial charge in [-0.3, -0.25) is 0 Å². The number of allylic oxidation sites excluding steroid dienone is 2. The Morgan fingerprint density at radius 3 is 2.43 bits per heavy atom. The molecule has 1 aromatic rings. The normalized spacial score (nSPS) is 22.7. The first-order valence-electron chi connectivity index (χ1n) is 8.42. The molecule has 1 fully saturated rings. The van der Waals surface area contributed by atoms with E-state index >= 15 is 0 Å². The van der Waals surface area contributed by atoms with Gasteiger partial charge in [-0.05, 0) is 93.9 Å². The summed E-state index contributed by atoms with van der Waals surface area (Å²) >= 11 is 0. The average molecular weight is 286 g/mol. The molecule has 0 N–H and O–H groups in total. The van der Waals surface area contributed by atoms with E-state index in [1.54, 1.807) is 12.7 Å². The number of rotatable bonds is 5. The summed E-state index contributed by atoms with van der Waals surface area (Å²) in [7, 11) is 1.76. The van der Waals surface area contributed by atoms with Gasteiger partial charge in [0.05, 0.1) is 7.11 Å². The zero-order chi connectivity index (χ0) is 15.2.